The molecule has 0 saturated heterocycles. The average molecular weight is 418 g/mol. The SMILES string of the molecule is COC(=O)c1ccc(/C=C2\Oc3cc(OC(=O)c4ccc(F)cc4)ccc3C2=O)cc1. The van der Waals surface area contributed by atoms with Crippen LogP contribution in [0.3, 0.4) is 0 Å². The number of carbonyl (C=O) groups excluding carboxylic acids is 3. The Labute approximate surface area is 176 Å². The van der Waals surface area contributed by atoms with Crippen LogP contribution in [0, 0.1) is 5.82 Å². The van der Waals surface area contributed by atoms with Crippen molar-refractivity contribution < 1.29 is 33.0 Å². The van der Waals surface area contributed by atoms with E-state index in [0.29, 0.717) is 16.7 Å². The molecule has 0 amide bonds. The van der Waals surface area contributed by atoms with E-state index in [2.05, 4.69) is 4.74 Å². The second-order valence-electron chi connectivity index (χ2n) is 6.61. The van der Waals surface area contributed by atoms with Crippen molar-refractivity contribution >= 4 is 23.8 Å². The Kier molecular flexibility index (Phi) is 5.32. The number of ketones is 1. The first-order valence-corrected chi connectivity index (χ1v) is 9.19. The fourth-order valence-corrected chi connectivity index (χ4v) is 2.97. The Morgan fingerprint density at radius 3 is 2.23 bits per heavy atom. The predicted octanol–water partition coefficient (Wildman–Crippen LogP) is 4.45. The number of carbonyl (C=O) groups is 3. The first kappa shape index (κ1) is 20.0. The van der Waals surface area contributed by atoms with E-state index in [1.165, 1.54) is 37.4 Å². The first-order valence-electron chi connectivity index (χ1n) is 9.19. The van der Waals surface area contributed by atoms with Crippen LogP contribution >= 0.6 is 0 Å². The molecule has 154 valence electrons. The molecule has 0 saturated carbocycles. The van der Waals surface area contributed by atoms with Crippen LogP contribution in [0.5, 0.6) is 11.5 Å². The summed E-state index contributed by atoms with van der Waals surface area (Å²) in [5.41, 5.74) is 1.57. The third-order valence-corrected chi connectivity index (χ3v) is 4.56. The quantitative estimate of drug-likeness (QED) is 0.354. The molecule has 4 rings (SSSR count). The maximum atomic E-state index is 13.0. The smallest absolute Gasteiger partial charge is 0.343 e. The predicted molar refractivity (Wildman–Crippen MR) is 109 cm³/mol. The molecular weight excluding hydrogens is 403 g/mol. The van der Waals surface area contributed by atoms with Gasteiger partial charge >= 0.3 is 11.9 Å². The second-order valence-corrected chi connectivity index (χ2v) is 6.61. The van der Waals surface area contributed by atoms with Gasteiger partial charge in [-0.05, 0) is 60.2 Å². The Morgan fingerprint density at radius 1 is 0.903 bits per heavy atom. The molecule has 0 spiro atoms. The van der Waals surface area contributed by atoms with Crippen molar-refractivity contribution in [3.63, 3.8) is 0 Å². The van der Waals surface area contributed by atoms with Crippen LogP contribution in [0.4, 0.5) is 4.39 Å². The summed E-state index contributed by atoms with van der Waals surface area (Å²) in [6.07, 6.45) is 1.55. The lowest BCUT2D eigenvalue weighted by Gasteiger charge is -2.05. The highest BCUT2D eigenvalue weighted by Crippen LogP contribution is 2.35. The highest BCUT2D eigenvalue weighted by Gasteiger charge is 2.28. The molecule has 1 heterocycles. The number of methoxy groups -OCH3 is 1. The van der Waals surface area contributed by atoms with Gasteiger partial charge in [-0.2, -0.15) is 0 Å². The highest BCUT2D eigenvalue weighted by atomic mass is 19.1. The zero-order valence-corrected chi connectivity index (χ0v) is 16.3. The minimum Gasteiger partial charge on any atom is -0.465 e. The van der Waals surface area contributed by atoms with Gasteiger partial charge in [0.15, 0.2) is 5.76 Å². The molecule has 0 aliphatic carbocycles. The second kappa shape index (κ2) is 8.23. The van der Waals surface area contributed by atoms with Crippen molar-refractivity contribution in [2.45, 2.75) is 0 Å². The topological polar surface area (TPSA) is 78.9 Å². The molecule has 31 heavy (non-hydrogen) atoms. The maximum absolute atomic E-state index is 13.0. The normalized spacial score (nSPS) is 13.5. The summed E-state index contributed by atoms with van der Waals surface area (Å²) in [6.45, 7) is 0. The fourth-order valence-electron chi connectivity index (χ4n) is 2.97. The largest absolute Gasteiger partial charge is 0.465 e. The molecule has 0 unspecified atom stereocenters. The summed E-state index contributed by atoms with van der Waals surface area (Å²) in [5, 5.41) is 0. The molecule has 1 aliphatic rings. The Balaban J connectivity index is 1.51. The number of rotatable bonds is 4. The summed E-state index contributed by atoms with van der Waals surface area (Å²) < 4.78 is 28.6. The van der Waals surface area contributed by atoms with Gasteiger partial charge in [-0.1, -0.05) is 12.1 Å². The number of Topliss-reactive ketones (excluding diaryl/α,β-unsaturated/α-hetero) is 1. The van der Waals surface area contributed by atoms with Crippen LogP contribution in [-0.2, 0) is 4.74 Å². The van der Waals surface area contributed by atoms with E-state index in [0.717, 1.165) is 12.1 Å². The van der Waals surface area contributed by atoms with Gasteiger partial charge in [0.25, 0.3) is 0 Å². The molecule has 0 N–H and O–H groups in total. The summed E-state index contributed by atoms with van der Waals surface area (Å²) in [6, 6.07) is 15.9. The van der Waals surface area contributed by atoms with Gasteiger partial charge in [-0.15, -0.1) is 0 Å². The van der Waals surface area contributed by atoms with E-state index in [-0.39, 0.29) is 28.6 Å². The first-order chi connectivity index (χ1) is 14.9. The number of allylic oxidation sites excluding steroid dienone is 1. The fraction of sp³-hybridized carbons (Fsp3) is 0.0417. The Hall–Kier alpha value is -4.26. The third kappa shape index (κ3) is 4.20. The average Bonchev–Trinajstić information content (AvgIpc) is 3.08. The van der Waals surface area contributed by atoms with Gasteiger partial charge in [0.1, 0.15) is 17.3 Å². The van der Waals surface area contributed by atoms with Crippen LogP contribution in [0.25, 0.3) is 6.08 Å². The molecule has 3 aromatic carbocycles. The molecule has 1 aliphatic heterocycles. The molecular formula is C24H15FO6. The van der Waals surface area contributed by atoms with Gasteiger partial charge in [-0.25, -0.2) is 14.0 Å². The van der Waals surface area contributed by atoms with Crippen LogP contribution in [0.15, 0.2) is 72.5 Å². The zero-order chi connectivity index (χ0) is 22.0. The monoisotopic (exact) mass is 418 g/mol. The lowest BCUT2D eigenvalue weighted by Crippen LogP contribution is -2.08. The lowest BCUT2D eigenvalue weighted by atomic mass is 10.1. The standard InChI is InChI=1S/C24H15FO6/c1-29-23(27)15-4-2-14(3-5-15)12-21-22(26)19-11-10-18(13-20(19)31-21)30-24(28)16-6-8-17(25)9-7-16/h2-13H,1H3/b21-12-. The molecule has 0 radical (unpaired) electrons. The highest BCUT2D eigenvalue weighted by molar-refractivity contribution is 6.14. The number of halogens is 1. The van der Waals surface area contributed by atoms with Crippen LogP contribution in [-0.4, -0.2) is 24.8 Å². The number of ether oxygens (including phenoxy) is 3. The van der Waals surface area contributed by atoms with Gasteiger partial charge in [-0.3, -0.25) is 4.79 Å². The molecule has 3 aromatic rings. The minimum absolute atomic E-state index is 0.0998. The Bertz CT molecular complexity index is 1210. The lowest BCUT2D eigenvalue weighted by molar-refractivity contribution is 0.0600. The summed E-state index contributed by atoms with van der Waals surface area (Å²) in [4.78, 5) is 36.3. The number of hydrogen-bond acceptors (Lipinski definition) is 6. The van der Waals surface area contributed by atoms with E-state index in [9.17, 15) is 18.8 Å². The van der Waals surface area contributed by atoms with Crippen molar-refractivity contribution in [1.29, 1.82) is 0 Å². The number of hydrogen-bond donors (Lipinski definition) is 0. The van der Waals surface area contributed by atoms with Crippen LogP contribution < -0.4 is 9.47 Å². The van der Waals surface area contributed by atoms with Gasteiger partial charge in [0, 0.05) is 6.07 Å². The van der Waals surface area contributed by atoms with Gasteiger partial charge in [0.2, 0.25) is 5.78 Å². The van der Waals surface area contributed by atoms with Gasteiger partial charge < -0.3 is 14.2 Å². The van der Waals surface area contributed by atoms with Crippen molar-refractivity contribution in [3.05, 3.63) is 101 Å². The van der Waals surface area contributed by atoms with Gasteiger partial charge in [0.05, 0.1) is 23.8 Å². The van der Waals surface area contributed by atoms with E-state index < -0.39 is 17.8 Å². The summed E-state index contributed by atoms with van der Waals surface area (Å²) >= 11 is 0. The maximum Gasteiger partial charge on any atom is 0.343 e. The molecule has 0 bridgehead atoms. The van der Waals surface area contributed by atoms with E-state index in [1.54, 1.807) is 30.3 Å². The minimum atomic E-state index is -0.661. The van der Waals surface area contributed by atoms with Crippen molar-refractivity contribution in [2.24, 2.45) is 0 Å². The molecule has 6 nitrogen and oxygen atoms in total. The van der Waals surface area contributed by atoms with Crippen molar-refractivity contribution in [3.8, 4) is 11.5 Å². The molecule has 0 atom stereocenters. The summed E-state index contributed by atoms with van der Waals surface area (Å²) in [5.74, 6) is -1.35. The number of benzene rings is 3. The molecule has 0 aromatic heterocycles. The van der Waals surface area contributed by atoms with Crippen molar-refractivity contribution in [2.75, 3.05) is 7.11 Å². The number of fused-ring (bicyclic) bond motifs is 1. The number of esters is 2. The van der Waals surface area contributed by atoms with E-state index in [1.807, 2.05) is 0 Å². The zero-order valence-electron chi connectivity index (χ0n) is 16.3. The van der Waals surface area contributed by atoms with Crippen LogP contribution in [0.2, 0.25) is 0 Å². The van der Waals surface area contributed by atoms with Crippen molar-refractivity contribution in [1.82, 2.24) is 0 Å². The molecule has 0 fully saturated rings. The van der Waals surface area contributed by atoms with E-state index >= 15 is 0 Å². The Morgan fingerprint density at radius 2 is 1.55 bits per heavy atom. The molecule has 7 heteroatoms. The summed E-state index contributed by atoms with van der Waals surface area (Å²) in [7, 11) is 1.30. The van der Waals surface area contributed by atoms with Crippen LogP contribution in [0.1, 0.15) is 36.6 Å². The third-order valence-electron chi connectivity index (χ3n) is 4.56. The van der Waals surface area contributed by atoms with E-state index in [4.69, 9.17) is 9.47 Å².